The minimum Gasteiger partial charge on any atom is -0.352 e. The molecule has 1 aliphatic carbocycles. The summed E-state index contributed by atoms with van der Waals surface area (Å²) in [6.07, 6.45) is 10.3. The molecule has 0 radical (unpaired) electrons. The maximum Gasteiger partial charge on any atom is 0.252 e. The van der Waals surface area contributed by atoms with Crippen molar-refractivity contribution >= 4 is 23.3 Å². The zero-order valence-electron chi connectivity index (χ0n) is 18.9. The van der Waals surface area contributed by atoms with Gasteiger partial charge in [-0.3, -0.25) is 23.9 Å². The van der Waals surface area contributed by atoms with Crippen molar-refractivity contribution in [3.63, 3.8) is 0 Å². The normalized spacial score (nSPS) is 14.4. The lowest BCUT2D eigenvalue weighted by Gasteiger charge is -2.26. The summed E-state index contributed by atoms with van der Waals surface area (Å²) in [7, 11) is 1.83. The van der Waals surface area contributed by atoms with Gasteiger partial charge in [0.25, 0.3) is 5.91 Å². The summed E-state index contributed by atoms with van der Waals surface area (Å²) < 4.78 is 1.88. The topological polar surface area (TPSA) is 79.6 Å². The molecule has 7 heteroatoms. The van der Waals surface area contributed by atoms with Crippen LogP contribution in [0.1, 0.15) is 60.8 Å². The fraction of sp³-hybridized carbons (Fsp3) is 0.440. The van der Waals surface area contributed by atoms with Crippen molar-refractivity contribution in [2.45, 2.75) is 51.9 Å². The number of rotatable bonds is 7. The van der Waals surface area contributed by atoms with Gasteiger partial charge in [0.15, 0.2) is 0 Å². The van der Waals surface area contributed by atoms with Crippen LogP contribution < -0.4 is 10.2 Å². The van der Waals surface area contributed by atoms with E-state index in [9.17, 15) is 9.59 Å². The summed E-state index contributed by atoms with van der Waals surface area (Å²) in [4.78, 5) is 36.7. The van der Waals surface area contributed by atoms with E-state index in [0.717, 1.165) is 48.5 Å². The molecule has 1 aliphatic rings. The Balaban J connectivity index is 1.54. The zero-order valence-corrected chi connectivity index (χ0v) is 18.9. The number of anilines is 1. The fourth-order valence-corrected chi connectivity index (χ4v) is 4.49. The van der Waals surface area contributed by atoms with Crippen molar-refractivity contribution in [2.24, 2.45) is 5.92 Å². The van der Waals surface area contributed by atoms with Gasteiger partial charge < -0.3 is 5.32 Å². The molecule has 1 N–H and O–H groups in total. The third-order valence-electron chi connectivity index (χ3n) is 6.26. The molecule has 0 bridgehead atoms. The number of imidazole rings is 1. The van der Waals surface area contributed by atoms with E-state index in [4.69, 9.17) is 4.98 Å². The standard InChI is InChI=1S/C25H31N5O2/c1-3-21-24(29(2)25(32)18-9-5-4-6-10-18)30-17-19(12-13-22(30)28-21)23(31)27-16-14-20-11-7-8-15-26-20/h7-8,11-13,15,17-18H,3-6,9-10,14,16H2,1-2H3,(H,27,31). The Labute approximate surface area is 188 Å². The smallest absolute Gasteiger partial charge is 0.252 e. The van der Waals surface area contributed by atoms with Crippen LogP contribution in [0.2, 0.25) is 0 Å². The highest BCUT2D eigenvalue weighted by atomic mass is 16.2. The van der Waals surface area contributed by atoms with Crippen LogP contribution in [0.4, 0.5) is 5.82 Å². The van der Waals surface area contributed by atoms with Crippen LogP contribution in [0.15, 0.2) is 42.7 Å². The number of pyridine rings is 2. The van der Waals surface area contributed by atoms with Gasteiger partial charge >= 0.3 is 0 Å². The van der Waals surface area contributed by atoms with E-state index in [1.54, 1.807) is 23.4 Å². The maximum atomic E-state index is 13.2. The second-order valence-electron chi connectivity index (χ2n) is 8.44. The lowest BCUT2D eigenvalue weighted by molar-refractivity contribution is -0.123. The highest BCUT2D eigenvalue weighted by molar-refractivity contribution is 5.96. The predicted octanol–water partition coefficient (Wildman–Crippen LogP) is 3.81. The molecule has 32 heavy (non-hydrogen) atoms. The lowest BCUT2D eigenvalue weighted by atomic mass is 9.88. The molecule has 168 valence electrons. The SMILES string of the molecule is CCc1nc2ccc(C(=O)NCCc3ccccn3)cn2c1N(C)C(=O)C1CCCCC1. The maximum absolute atomic E-state index is 13.2. The number of hydrogen-bond acceptors (Lipinski definition) is 4. The Kier molecular flexibility index (Phi) is 6.83. The van der Waals surface area contributed by atoms with E-state index in [1.807, 2.05) is 42.6 Å². The fourth-order valence-electron chi connectivity index (χ4n) is 4.49. The molecule has 3 aromatic heterocycles. The van der Waals surface area contributed by atoms with Gasteiger partial charge in [0.2, 0.25) is 5.91 Å². The van der Waals surface area contributed by atoms with Gasteiger partial charge in [0, 0.05) is 44.0 Å². The molecule has 4 rings (SSSR count). The predicted molar refractivity (Wildman–Crippen MR) is 125 cm³/mol. The first kappa shape index (κ1) is 22.0. The molecule has 7 nitrogen and oxygen atoms in total. The third-order valence-corrected chi connectivity index (χ3v) is 6.26. The molecule has 0 spiro atoms. The second kappa shape index (κ2) is 9.94. The average Bonchev–Trinajstić information content (AvgIpc) is 3.22. The van der Waals surface area contributed by atoms with Crippen LogP contribution in [-0.2, 0) is 17.6 Å². The lowest BCUT2D eigenvalue weighted by Crippen LogP contribution is -2.35. The van der Waals surface area contributed by atoms with Crippen LogP contribution >= 0.6 is 0 Å². The van der Waals surface area contributed by atoms with Crippen molar-refractivity contribution in [3.05, 3.63) is 59.7 Å². The molecule has 0 aromatic carbocycles. The van der Waals surface area contributed by atoms with E-state index < -0.39 is 0 Å². The number of carbonyl (C=O) groups is 2. The molecule has 1 saturated carbocycles. The molecule has 0 saturated heterocycles. The molecule has 0 aliphatic heterocycles. The average molecular weight is 434 g/mol. The Morgan fingerprint density at radius 3 is 2.69 bits per heavy atom. The Morgan fingerprint density at radius 2 is 1.97 bits per heavy atom. The molecule has 3 aromatic rings. The summed E-state index contributed by atoms with van der Waals surface area (Å²) in [5, 5.41) is 2.96. The summed E-state index contributed by atoms with van der Waals surface area (Å²) in [6, 6.07) is 9.39. The summed E-state index contributed by atoms with van der Waals surface area (Å²) in [5.74, 6) is 0.830. The van der Waals surface area contributed by atoms with Crippen LogP contribution in [0.3, 0.4) is 0 Å². The zero-order chi connectivity index (χ0) is 22.5. The first-order chi connectivity index (χ1) is 15.6. The van der Waals surface area contributed by atoms with Gasteiger partial charge in [-0.2, -0.15) is 0 Å². The number of nitrogens with one attached hydrogen (secondary N) is 1. The molecule has 0 atom stereocenters. The van der Waals surface area contributed by atoms with Crippen molar-refractivity contribution in [1.29, 1.82) is 0 Å². The van der Waals surface area contributed by atoms with Crippen molar-refractivity contribution in [3.8, 4) is 0 Å². The first-order valence-electron chi connectivity index (χ1n) is 11.5. The molecular formula is C25H31N5O2. The van der Waals surface area contributed by atoms with Gasteiger partial charge in [-0.1, -0.05) is 32.3 Å². The Hall–Kier alpha value is -3.22. The molecule has 1 fully saturated rings. The van der Waals surface area contributed by atoms with Gasteiger partial charge in [-0.05, 0) is 43.5 Å². The first-order valence-corrected chi connectivity index (χ1v) is 11.5. The largest absolute Gasteiger partial charge is 0.352 e. The number of carbonyl (C=O) groups excluding carboxylic acids is 2. The molecule has 3 heterocycles. The van der Waals surface area contributed by atoms with Crippen molar-refractivity contribution < 1.29 is 9.59 Å². The van der Waals surface area contributed by atoms with E-state index >= 15 is 0 Å². The molecule has 0 unspecified atom stereocenters. The molecule has 2 amide bonds. The van der Waals surface area contributed by atoms with Gasteiger partial charge in [0.1, 0.15) is 11.5 Å². The van der Waals surface area contributed by atoms with E-state index in [1.165, 1.54) is 6.42 Å². The monoisotopic (exact) mass is 433 g/mol. The second-order valence-corrected chi connectivity index (χ2v) is 8.44. The van der Waals surface area contributed by atoms with Gasteiger partial charge in [-0.25, -0.2) is 4.98 Å². The molecular weight excluding hydrogens is 402 g/mol. The van der Waals surface area contributed by atoms with Gasteiger partial charge in [0.05, 0.1) is 11.3 Å². The minimum absolute atomic E-state index is 0.0714. The highest BCUT2D eigenvalue weighted by Gasteiger charge is 2.28. The van der Waals surface area contributed by atoms with E-state index in [0.29, 0.717) is 24.9 Å². The van der Waals surface area contributed by atoms with E-state index in [-0.39, 0.29) is 17.7 Å². The summed E-state index contributed by atoms with van der Waals surface area (Å²) >= 11 is 0. The van der Waals surface area contributed by atoms with Crippen LogP contribution in [0, 0.1) is 5.92 Å². The van der Waals surface area contributed by atoms with Crippen molar-refractivity contribution in [1.82, 2.24) is 19.7 Å². The number of amides is 2. The summed E-state index contributed by atoms with van der Waals surface area (Å²) in [5.41, 5.74) is 3.09. The number of hydrogen-bond donors (Lipinski definition) is 1. The van der Waals surface area contributed by atoms with Gasteiger partial charge in [-0.15, -0.1) is 0 Å². The van der Waals surface area contributed by atoms with Crippen LogP contribution in [0.25, 0.3) is 5.65 Å². The minimum atomic E-state index is -0.151. The quantitative estimate of drug-likeness (QED) is 0.615. The Bertz CT molecular complexity index is 1090. The van der Waals surface area contributed by atoms with Crippen molar-refractivity contribution in [2.75, 3.05) is 18.5 Å². The summed E-state index contributed by atoms with van der Waals surface area (Å²) in [6.45, 7) is 2.54. The number of aryl methyl sites for hydroxylation is 1. The number of aromatic nitrogens is 3. The number of nitrogens with zero attached hydrogens (tertiary/aromatic N) is 4. The van der Waals surface area contributed by atoms with E-state index in [2.05, 4.69) is 10.3 Å². The third kappa shape index (κ3) is 4.66. The van der Waals surface area contributed by atoms with Crippen LogP contribution in [-0.4, -0.2) is 39.8 Å². The highest BCUT2D eigenvalue weighted by Crippen LogP contribution is 2.29. The number of fused-ring (bicyclic) bond motifs is 1. The Morgan fingerprint density at radius 1 is 1.16 bits per heavy atom. The van der Waals surface area contributed by atoms with Crippen LogP contribution in [0.5, 0.6) is 0 Å².